The zero-order valence-electron chi connectivity index (χ0n) is 11.9. The van der Waals surface area contributed by atoms with Gasteiger partial charge in [0.25, 0.3) is 0 Å². The average molecular weight is 328 g/mol. The number of nitrogens with zero attached hydrogens (tertiary/aromatic N) is 3. The molecule has 0 N–H and O–H groups in total. The second-order valence-electron chi connectivity index (χ2n) is 5.22. The normalized spacial score (nSPS) is 23.5. The van der Waals surface area contributed by atoms with Crippen LogP contribution in [0.5, 0.6) is 5.88 Å². The molecule has 1 saturated heterocycles. The minimum Gasteiger partial charge on any atom is -0.478 e. The van der Waals surface area contributed by atoms with E-state index in [0.717, 1.165) is 37.6 Å². The van der Waals surface area contributed by atoms with Gasteiger partial charge in [0.05, 0.1) is 6.61 Å². The highest BCUT2D eigenvalue weighted by molar-refractivity contribution is 9.09. The van der Waals surface area contributed by atoms with E-state index in [9.17, 15) is 0 Å². The van der Waals surface area contributed by atoms with Gasteiger partial charge in [-0.05, 0) is 25.7 Å². The molecular formula is C14H22BrN3O. The van der Waals surface area contributed by atoms with E-state index in [0.29, 0.717) is 23.2 Å². The summed E-state index contributed by atoms with van der Waals surface area (Å²) in [6, 6.07) is 1.90. The molecule has 1 aliphatic rings. The van der Waals surface area contributed by atoms with Gasteiger partial charge in [-0.25, -0.2) is 4.98 Å². The summed E-state index contributed by atoms with van der Waals surface area (Å²) >= 11 is 3.72. The lowest BCUT2D eigenvalue weighted by molar-refractivity contribution is 0.304. The maximum Gasteiger partial charge on any atom is 0.228 e. The first-order chi connectivity index (χ1) is 9.10. The summed E-state index contributed by atoms with van der Waals surface area (Å²) in [5.74, 6) is 2.10. The van der Waals surface area contributed by atoms with E-state index < -0.39 is 0 Å². The molecule has 0 aromatic carbocycles. The van der Waals surface area contributed by atoms with Crippen LogP contribution in [0.2, 0.25) is 0 Å². The van der Waals surface area contributed by atoms with Crippen molar-refractivity contribution in [2.75, 3.05) is 24.6 Å². The Labute approximate surface area is 123 Å². The number of alkyl halides is 1. The third kappa shape index (κ3) is 3.81. The first-order valence-corrected chi connectivity index (χ1v) is 7.89. The number of halogens is 1. The van der Waals surface area contributed by atoms with E-state index in [4.69, 9.17) is 4.74 Å². The lowest BCUT2D eigenvalue weighted by Gasteiger charge is -2.34. The molecule has 0 saturated carbocycles. The molecule has 4 nitrogen and oxygen atoms in total. The van der Waals surface area contributed by atoms with Crippen molar-refractivity contribution in [2.24, 2.45) is 5.92 Å². The first-order valence-electron chi connectivity index (χ1n) is 6.97. The van der Waals surface area contributed by atoms with E-state index in [2.05, 4.69) is 44.6 Å². The molecule has 2 atom stereocenters. The molecule has 1 aromatic rings. The maximum atomic E-state index is 5.63. The van der Waals surface area contributed by atoms with Crippen LogP contribution in [0.3, 0.4) is 0 Å². The number of piperidine rings is 1. The largest absolute Gasteiger partial charge is 0.478 e. The third-order valence-electron chi connectivity index (χ3n) is 3.36. The van der Waals surface area contributed by atoms with Crippen LogP contribution in [0.25, 0.3) is 0 Å². The molecule has 2 rings (SSSR count). The molecule has 1 aliphatic heterocycles. The number of hydrogen-bond acceptors (Lipinski definition) is 4. The van der Waals surface area contributed by atoms with Crippen molar-refractivity contribution in [3.05, 3.63) is 11.8 Å². The van der Waals surface area contributed by atoms with Gasteiger partial charge < -0.3 is 9.64 Å². The van der Waals surface area contributed by atoms with E-state index in [1.165, 1.54) is 0 Å². The van der Waals surface area contributed by atoms with Crippen LogP contribution in [0, 0.1) is 12.8 Å². The predicted octanol–water partition coefficient (Wildman–Crippen LogP) is 3.18. The van der Waals surface area contributed by atoms with Crippen molar-refractivity contribution in [1.82, 2.24) is 9.97 Å². The topological polar surface area (TPSA) is 38.2 Å². The molecule has 2 unspecified atom stereocenters. The summed E-state index contributed by atoms with van der Waals surface area (Å²) in [7, 11) is 0. The van der Waals surface area contributed by atoms with E-state index in [1.54, 1.807) is 0 Å². The monoisotopic (exact) mass is 327 g/mol. The smallest absolute Gasteiger partial charge is 0.228 e. The summed E-state index contributed by atoms with van der Waals surface area (Å²) in [4.78, 5) is 11.9. The van der Waals surface area contributed by atoms with Gasteiger partial charge in [0, 0.05) is 29.7 Å². The van der Waals surface area contributed by atoms with Crippen LogP contribution in [-0.2, 0) is 0 Å². The molecule has 0 radical (unpaired) electrons. The van der Waals surface area contributed by atoms with Gasteiger partial charge in [-0.3, -0.25) is 0 Å². The van der Waals surface area contributed by atoms with Crippen LogP contribution < -0.4 is 9.64 Å². The molecule has 2 heterocycles. The molecule has 0 aliphatic carbocycles. The van der Waals surface area contributed by atoms with Crippen molar-refractivity contribution in [2.45, 2.75) is 38.4 Å². The van der Waals surface area contributed by atoms with Crippen molar-refractivity contribution in [1.29, 1.82) is 0 Å². The molecule has 0 spiro atoms. The Hall–Kier alpha value is -0.840. The number of rotatable bonds is 4. The fourth-order valence-electron chi connectivity index (χ4n) is 2.25. The van der Waals surface area contributed by atoms with Gasteiger partial charge in [-0.2, -0.15) is 4.98 Å². The average Bonchev–Trinajstić information content (AvgIpc) is 2.39. The zero-order chi connectivity index (χ0) is 13.8. The molecule has 0 amide bonds. The Bertz CT molecular complexity index is 427. The number of aromatic nitrogens is 2. The predicted molar refractivity (Wildman–Crippen MR) is 81.3 cm³/mol. The van der Waals surface area contributed by atoms with Crippen molar-refractivity contribution >= 4 is 21.9 Å². The quantitative estimate of drug-likeness (QED) is 0.796. The summed E-state index contributed by atoms with van der Waals surface area (Å²) in [6.07, 6.45) is 2.12. The number of anilines is 1. The van der Waals surface area contributed by atoms with Crippen LogP contribution in [0.4, 0.5) is 5.95 Å². The second-order valence-corrected chi connectivity index (χ2v) is 6.40. The zero-order valence-corrected chi connectivity index (χ0v) is 13.5. The number of hydrogen-bond donors (Lipinski definition) is 0. The Morgan fingerprint density at radius 3 is 2.95 bits per heavy atom. The van der Waals surface area contributed by atoms with Gasteiger partial charge in [-0.1, -0.05) is 29.8 Å². The molecule has 5 heteroatoms. The SMILES string of the molecule is CCCOc1cc(C)nc(N2CCC(Br)C(C)C2)n1. The van der Waals surface area contributed by atoms with Gasteiger partial charge in [-0.15, -0.1) is 0 Å². The van der Waals surface area contributed by atoms with Crippen molar-refractivity contribution in [3.8, 4) is 5.88 Å². The van der Waals surface area contributed by atoms with Crippen molar-refractivity contribution in [3.63, 3.8) is 0 Å². The van der Waals surface area contributed by atoms with Crippen LogP contribution in [0.15, 0.2) is 6.07 Å². The Morgan fingerprint density at radius 1 is 1.47 bits per heavy atom. The Balaban J connectivity index is 2.13. The Kier molecular flexibility index (Phi) is 5.02. The molecule has 1 aromatic heterocycles. The highest BCUT2D eigenvalue weighted by Gasteiger charge is 2.25. The van der Waals surface area contributed by atoms with Crippen LogP contribution in [-0.4, -0.2) is 34.5 Å². The fourth-order valence-corrected chi connectivity index (χ4v) is 2.62. The molecular weight excluding hydrogens is 306 g/mol. The van der Waals surface area contributed by atoms with Crippen LogP contribution >= 0.6 is 15.9 Å². The molecule has 0 bridgehead atoms. The van der Waals surface area contributed by atoms with Gasteiger partial charge in [0.2, 0.25) is 11.8 Å². The summed E-state index contributed by atoms with van der Waals surface area (Å²) in [5, 5.41) is 0. The second kappa shape index (κ2) is 6.55. The number of ether oxygens (including phenoxy) is 1. The molecule has 1 fully saturated rings. The minimum absolute atomic E-state index is 0.601. The van der Waals surface area contributed by atoms with Gasteiger partial charge in [0.15, 0.2) is 0 Å². The highest BCUT2D eigenvalue weighted by atomic mass is 79.9. The standard InChI is InChI=1S/C14H22BrN3O/c1-4-7-19-13-8-11(3)16-14(17-13)18-6-5-12(15)10(2)9-18/h8,10,12H,4-7,9H2,1-3H3. The lowest BCUT2D eigenvalue weighted by atomic mass is 10.0. The van der Waals surface area contributed by atoms with E-state index >= 15 is 0 Å². The minimum atomic E-state index is 0.601. The molecule has 106 valence electrons. The fraction of sp³-hybridized carbons (Fsp3) is 0.714. The lowest BCUT2D eigenvalue weighted by Crippen LogP contribution is -2.40. The van der Waals surface area contributed by atoms with E-state index in [1.807, 2.05) is 13.0 Å². The summed E-state index contributed by atoms with van der Waals surface area (Å²) in [5.41, 5.74) is 0.963. The first kappa shape index (κ1) is 14.6. The van der Waals surface area contributed by atoms with Crippen molar-refractivity contribution < 1.29 is 4.74 Å². The Morgan fingerprint density at radius 2 is 2.26 bits per heavy atom. The molecule has 19 heavy (non-hydrogen) atoms. The van der Waals surface area contributed by atoms with Crippen LogP contribution in [0.1, 0.15) is 32.4 Å². The maximum absolute atomic E-state index is 5.63. The highest BCUT2D eigenvalue weighted by Crippen LogP contribution is 2.26. The van der Waals surface area contributed by atoms with Gasteiger partial charge >= 0.3 is 0 Å². The summed E-state index contributed by atoms with van der Waals surface area (Å²) < 4.78 is 5.63. The van der Waals surface area contributed by atoms with E-state index in [-0.39, 0.29) is 0 Å². The number of aryl methyl sites for hydroxylation is 1. The van der Waals surface area contributed by atoms with Gasteiger partial charge in [0.1, 0.15) is 0 Å². The third-order valence-corrected chi connectivity index (χ3v) is 4.72. The summed E-state index contributed by atoms with van der Waals surface area (Å²) in [6.45, 7) is 9.04.